The minimum Gasteiger partial charge on any atom is -0.465 e. The van der Waals surface area contributed by atoms with Gasteiger partial charge in [0.15, 0.2) is 0 Å². The maximum absolute atomic E-state index is 13.0. The molecule has 26 heavy (non-hydrogen) atoms. The minimum atomic E-state index is -4.65. The first-order valence-electron chi connectivity index (χ1n) is 7.40. The molecule has 0 radical (unpaired) electrons. The van der Waals surface area contributed by atoms with Crippen molar-refractivity contribution in [3.63, 3.8) is 0 Å². The smallest absolute Gasteiger partial charge is 0.416 e. The van der Waals surface area contributed by atoms with Gasteiger partial charge in [0.2, 0.25) is 0 Å². The predicted octanol–water partition coefficient (Wildman–Crippen LogP) is 2.03. The lowest BCUT2D eigenvalue weighted by Gasteiger charge is -2.31. The summed E-state index contributed by atoms with van der Waals surface area (Å²) in [4.78, 5) is 37.4. The van der Waals surface area contributed by atoms with Crippen LogP contribution in [0.2, 0.25) is 0 Å². The van der Waals surface area contributed by atoms with Crippen molar-refractivity contribution in [3.05, 3.63) is 29.6 Å². The van der Waals surface area contributed by atoms with Crippen molar-refractivity contribution in [3.8, 4) is 0 Å². The molecule has 0 aliphatic rings. The molecule has 0 fully saturated rings. The van der Waals surface area contributed by atoms with Crippen LogP contribution in [0, 0.1) is 0 Å². The standard InChI is InChI=1S/C16H18F3NO6/c1-10(21)24-7-15(8-25-11(2)22,9-26-12(3)23)14-6-13(4-5-20-14)16(17,18)19/h4-6H,7-9H2,1-3H3. The Morgan fingerprint density at radius 3 is 1.69 bits per heavy atom. The molecule has 0 spiro atoms. The van der Waals surface area contributed by atoms with E-state index in [4.69, 9.17) is 14.2 Å². The molecule has 0 atom stereocenters. The van der Waals surface area contributed by atoms with Crippen LogP contribution >= 0.6 is 0 Å². The highest BCUT2D eigenvalue weighted by Gasteiger charge is 2.41. The summed E-state index contributed by atoms with van der Waals surface area (Å²) in [5, 5.41) is 0. The molecule has 0 aliphatic carbocycles. The second-order valence-corrected chi connectivity index (χ2v) is 5.55. The van der Waals surface area contributed by atoms with E-state index < -0.39 is 54.9 Å². The van der Waals surface area contributed by atoms with Crippen molar-refractivity contribution in [2.75, 3.05) is 19.8 Å². The number of ether oxygens (including phenoxy) is 3. The van der Waals surface area contributed by atoms with Crippen LogP contribution in [0.4, 0.5) is 13.2 Å². The lowest BCUT2D eigenvalue weighted by atomic mass is 9.85. The number of hydrogen-bond donors (Lipinski definition) is 0. The van der Waals surface area contributed by atoms with Crippen molar-refractivity contribution in [1.82, 2.24) is 4.98 Å². The van der Waals surface area contributed by atoms with Gasteiger partial charge in [0.1, 0.15) is 25.2 Å². The maximum Gasteiger partial charge on any atom is 0.416 e. The fourth-order valence-corrected chi connectivity index (χ4v) is 1.96. The van der Waals surface area contributed by atoms with Crippen molar-refractivity contribution in [2.24, 2.45) is 0 Å². The summed E-state index contributed by atoms with van der Waals surface area (Å²) < 4.78 is 53.8. The third kappa shape index (κ3) is 6.34. The zero-order valence-corrected chi connectivity index (χ0v) is 14.4. The molecular formula is C16H18F3NO6. The number of alkyl halides is 3. The molecule has 0 aliphatic heterocycles. The molecule has 0 saturated carbocycles. The van der Waals surface area contributed by atoms with Gasteiger partial charge in [0.25, 0.3) is 0 Å². The Labute approximate surface area is 147 Å². The average Bonchev–Trinajstić information content (AvgIpc) is 2.53. The monoisotopic (exact) mass is 377 g/mol. The van der Waals surface area contributed by atoms with Gasteiger partial charge in [-0.3, -0.25) is 19.4 Å². The Morgan fingerprint density at radius 2 is 1.35 bits per heavy atom. The molecule has 144 valence electrons. The summed E-state index contributed by atoms with van der Waals surface area (Å²) >= 11 is 0. The summed E-state index contributed by atoms with van der Waals surface area (Å²) in [6, 6.07) is 1.49. The topological polar surface area (TPSA) is 91.8 Å². The van der Waals surface area contributed by atoms with E-state index in [2.05, 4.69) is 4.98 Å². The highest BCUT2D eigenvalue weighted by atomic mass is 19.4. The summed E-state index contributed by atoms with van der Waals surface area (Å²) in [5.41, 5.74) is -2.79. The van der Waals surface area contributed by atoms with Gasteiger partial charge >= 0.3 is 24.1 Å². The van der Waals surface area contributed by atoms with Gasteiger partial charge in [-0.05, 0) is 12.1 Å². The predicted molar refractivity (Wildman–Crippen MR) is 80.8 cm³/mol. The summed E-state index contributed by atoms with van der Waals surface area (Å²) in [7, 11) is 0. The molecule has 0 bridgehead atoms. The fraction of sp³-hybridized carbons (Fsp3) is 0.500. The summed E-state index contributed by atoms with van der Waals surface area (Å²) in [6.45, 7) is 1.79. The number of carbonyl (C=O) groups excluding carboxylic acids is 3. The Kier molecular flexibility index (Phi) is 7.10. The van der Waals surface area contributed by atoms with Crippen molar-refractivity contribution >= 4 is 17.9 Å². The number of carbonyl (C=O) groups is 3. The Hall–Kier alpha value is -2.65. The third-order valence-electron chi connectivity index (χ3n) is 3.29. The van der Waals surface area contributed by atoms with E-state index in [0.29, 0.717) is 0 Å². The zero-order chi connectivity index (χ0) is 20.0. The minimum absolute atomic E-state index is 0.198. The lowest BCUT2D eigenvalue weighted by Crippen LogP contribution is -2.44. The summed E-state index contributed by atoms with van der Waals surface area (Å²) in [6.07, 6.45) is -3.73. The van der Waals surface area contributed by atoms with Crippen molar-refractivity contribution in [2.45, 2.75) is 32.4 Å². The number of hydrogen-bond acceptors (Lipinski definition) is 7. The molecule has 0 N–H and O–H groups in total. The van der Waals surface area contributed by atoms with Gasteiger partial charge in [-0.15, -0.1) is 0 Å². The number of aromatic nitrogens is 1. The highest BCUT2D eigenvalue weighted by molar-refractivity contribution is 5.67. The molecule has 0 saturated heterocycles. The zero-order valence-electron chi connectivity index (χ0n) is 14.4. The first-order chi connectivity index (χ1) is 12.0. The Morgan fingerprint density at radius 1 is 0.923 bits per heavy atom. The quantitative estimate of drug-likeness (QED) is 0.530. The van der Waals surface area contributed by atoms with Crippen LogP contribution in [-0.2, 0) is 40.2 Å². The van der Waals surface area contributed by atoms with Gasteiger partial charge in [-0.25, -0.2) is 0 Å². The molecule has 7 nitrogen and oxygen atoms in total. The number of esters is 3. The molecule has 1 heterocycles. The molecule has 0 amide bonds. The van der Waals surface area contributed by atoms with E-state index in [1.807, 2.05) is 0 Å². The highest BCUT2D eigenvalue weighted by Crippen LogP contribution is 2.32. The molecule has 1 aromatic rings. The number of halogens is 3. The van der Waals surface area contributed by atoms with Crippen LogP contribution in [0.3, 0.4) is 0 Å². The van der Waals surface area contributed by atoms with E-state index in [-0.39, 0.29) is 5.69 Å². The van der Waals surface area contributed by atoms with Gasteiger partial charge in [-0.1, -0.05) is 0 Å². The van der Waals surface area contributed by atoms with E-state index >= 15 is 0 Å². The maximum atomic E-state index is 13.0. The molecule has 1 aromatic heterocycles. The van der Waals surface area contributed by atoms with Gasteiger partial charge in [0, 0.05) is 27.0 Å². The van der Waals surface area contributed by atoms with E-state index in [0.717, 1.165) is 39.1 Å². The van der Waals surface area contributed by atoms with Crippen LogP contribution in [0.15, 0.2) is 18.3 Å². The second kappa shape index (κ2) is 8.63. The van der Waals surface area contributed by atoms with Crippen LogP contribution in [0.5, 0.6) is 0 Å². The van der Waals surface area contributed by atoms with Crippen LogP contribution in [-0.4, -0.2) is 42.7 Å². The van der Waals surface area contributed by atoms with E-state index in [1.54, 1.807) is 0 Å². The molecule has 1 rings (SSSR count). The average molecular weight is 377 g/mol. The lowest BCUT2D eigenvalue weighted by molar-refractivity contribution is -0.153. The van der Waals surface area contributed by atoms with Gasteiger partial charge in [0.05, 0.1) is 11.3 Å². The first-order valence-corrected chi connectivity index (χ1v) is 7.40. The van der Waals surface area contributed by atoms with E-state index in [9.17, 15) is 27.6 Å². The number of pyridine rings is 1. The third-order valence-corrected chi connectivity index (χ3v) is 3.29. The second-order valence-electron chi connectivity index (χ2n) is 5.55. The summed E-state index contributed by atoms with van der Waals surface area (Å²) in [5.74, 6) is -2.15. The van der Waals surface area contributed by atoms with Crippen molar-refractivity contribution in [1.29, 1.82) is 0 Å². The normalized spacial score (nSPS) is 11.6. The van der Waals surface area contributed by atoms with Crippen LogP contribution in [0.1, 0.15) is 32.0 Å². The Balaban J connectivity index is 3.38. The largest absolute Gasteiger partial charge is 0.465 e. The van der Waals surface area contributed by atoms with Crippen molar-refractivity contribution < 1.29 is 41.8 Å². The first kappa shape index (κ1) is 21.4. The molecule has 0 unspecified atom stereocenters. The number of rotatable bonds is 7. The van der Waals surface area contributed by atoms with Gasteiger partial charge in [-0.2, -0.15) is 13.2 Å². The molecular weight excluding hydrogens is 359 g/mol. The van der Waals surface area contributed by atoms with E-state index in [1.165, 1.54) is 0 Å². The van der Waals surface area contributed by atoms with Crippen LogP contribution < -0.4 is 0 Å². The Bertz CT molecular complexity index is 629. The number of nitrogens with zero attached hydrogens (tertiary/aromatic N) is 1. The van der Waals surface area contributed by atoms with Gasteiger partial charge < -0.3 is 14.2 Å². The molecule has 0 aromatic carbocycles. The molecule has 10 heteroatoms. The fourth-order valence-electron chi connectivity index (χ4n) is 1.96. The SMILES string of the molecule is CC(=O)OCC(COC(C)=O)(COC(C)=O)c1cc(C(F)(F)F)ccn1. The van der Waals surface area contributed by atoms with Crippen LogP contribution in [0.25, 0.3) is 0 Å².